The summed E-state index contributed by atoms with van der Waals surface area (Å²) in [5, 5.41) is 0. The van der Waals surface area contributed by atoms with Gasteiger partial charge in [0.15, 0.2) is 0 Å². The van der Waals surface area contributed by atoms with Gasteiger partial charge in [0, 0.05) is 11.8 Å². The Kier molecular flexibility index (Phi) is 4.73. The van der Waals surface area contributed by atoms with E-state index in [1.807, 2.05) is 22.8 Å². The van der Waals surface area contributed by atoms with Crippen LogP contribution in [0.3, 0.4) is 0 Å². The van der Waals surface area contributed by atoms with Crippen LogP contribution >= 0.6 is 0 Å². The molecule has 2 aliphatic carbocycles. The molecule has 4 nitrogen and oxygen atoms in total. The molecule has 140 valence electrons. The average Bonchev–Trinajstić information content (AvgIpc) is 2.70. The zero-order chi connectivity index (χ0) is 19.0. The molecule has 2 aliphatic rings. The van der Waals surface area contributed by atoms with Crippen molar-refractivity contribution in [1.82, 2.24) is 4.57 Å². The highest BCUT2D eigenvalue weighted by Crippen LogP contribution is 2.43. The number of nitrogens with zero attached hydrogens (tertiary/aromatic N) is 1. The fraction of sp³-hybridized carbons (Fsp3) is 0.391. The lowest BCUT2D eigenvalue weighted by Gasteiger charge is -2.33. The van der Waals surface area contributed by atoms with Crippen molar-refractivity contribution in [3.8, 4) is 0 Å². The molecule has 1 aromatic heterocycles. The Labute approximate surface area is 159 Å². The first-order chi connectivity index (χ1) is 13.1. The second kappa shape index (κ2) is 7.18. The predicted molar refractivity (Wildman–Crippen MR) is 106 cm³/mol. The monoisotopic (exact) mass is 363 g/mol. The number of aromatic nitrogens is 1. The molecule has 0 fully saturated rings. The van der Waals surface area contributed by atoms with Gasteiger partial charge in [-0.3, -0.25) is 9.59 Å². The Morgan fingerprint density at radius 3 is 2.74 bits per heavy atom. The maximum atomic E-state index is 12.7. The van der Waals surface area contributed by atoms with Gasteiger partial charge in [0.1, 0.15) is 0 Å². The molecule has 0 spiro atoms. The highest BCUT2D eigenvalue weighted by molar-refractivity contribution is 5.83. The second-order valence-electron chi connectivity index (χ2n) is 7.52. The normalized spacial score (nSPS) is 18.7. The molecule has 0 bridgehead atoms. The molecular weight excluding hydrogens is 338 g/mol. The minimum absolute atomic E-state index is 0.0429. The lowest BCUT2D eigenvalue weighted by Crippen LogP contribution is -2.30. The van der Waals surface area contributed by atoms with Crippen molar-refractivity contribution < 1.29 is 9.53 Å². The van der Waals surface area contributed by atoms with E-state index >= 15 is 0 Å². The summed E-state index contributed by atoms with van der Waals surface area (Å²) in [7, 11) is 1.47. The number of fused-ring (bicyclic) bond motifs is 2. The zero-order valence-corrected chi connectivity index (χ0v) is 16.0. The number of carbonyl (C=O) groups excluding carboxylic acids is 1. The van der Waals surface area contributed by atoms with Crippen molar-refractivity contribution in [3.05, 3.63) is 74.7 Å². The Bertz CT molecular complexity index is 983. The van der Waals surface area contributed by atoms with Gasteiger partial charge >= 0.3 is 5.97 Å². The number of pyridine rings is 1. The third-order valence-electron chi connectivity index (χ3n) is 6.05. The van der Waals surface area contributed by atoms with Crippen molar-refractivity contribution in [3.63, 3.8) is 0 Å². The lowest BCUT2D eigenvalue weighted by atomic mass is 9.74. The van der Waals surface area contributed by atoms with E-state index in [1.165, 1.54) is 29.4 Å². The molecule has 0 amide bonds. The smallest absolute Gasteiger partial charge is 0.312 e. The van der Waals surface area contributed by atoms with Gasteiger partial charge in [-0.05, 0) is 67.4 Å². The van der Waals surface area contributed by atoms with Crippen molar-refractivity contribution in [2.24, 2.45) is 5.92 Å². The van der Waals surface area contributed by atoms with Gasteiger partial charge in [0.05, 0.1) is 19.6 Å². The number of hydrogen-bond donors (Lipinski definition) is 0. The molecule has 1 aromatic carbocycles. The third kappa shape index (κ3) is 3.14. The molecule has 0 saturated carbocycles. The van der Waals surface area contributed by atoms with Crippen molar-refractivity contribution in [1.29, 1.82) is 0 Å². The molecule has 2 aromatic rings. The molecule has 1 unspecified atom stereocenters. The summed E-state index contributed by atoms with van der Waals surface area (Å²) >= 11 is 0. The fourth-order valence-corrected chi connectivity index (χ4v) is 4.61. The predicted octanol–water partition coefficient (Wildman–Crippen LogP) is 3.88. The topological polar surface area (TPSA) is 48.3 Å². The molecule has 1 heterocycles. The summed E-state index contributed by atoms with van der Waals surface area (Å²) in [5.41, 5.74) is 7.15. The van der Waals surface area contributed by atoms with Crippen LogP contribution in [-0.4, -0.2) is 17.6 Å². The van der Waals surface area contributed by atoms with Crippen LogP contribution in [0.15, 0.2) is 46.8 Å². The summed E-state index contributed by atoms with van der Waals surface area (Å²) in [4.78, 5) is 24.9. The van der Waals surface area contributed by atoms with E-state index in [0.717, 1.165) is 43.4 Å². The van der Waals surface area contributed by atoms with Gasteiger partial charge in [-0.1, -0.05) is 29.8 Å². The van der Waals surface area contributed by atoms with Gasteiger partial charge in [0.25, 0.3) is 5.56 Å². The SMILES string of the molecule is COC(=O)C1CCCC2=C1CCc1c2ccc(=O)n1Cc1ccccc1C. The highest BCUT2D eigenvalue weighted by atomic mass is 16.5. The van der Waals surface area contributed by atoms with Gasteiger partial charge < -0.3 is 9.30 Å². The van der Waals surface area contributed by atoms with Crippen molar-refractivity contribution in [2.45, 2.75) is 45.6 Å². The van der Waals surface area contributed by atoms with E-state index in [2.05, 4.69) is 19.1 Å². The van der Waals surface area contributed by atoms with Crippen LogP contribution in [0.5, 0.6) is 0 Å². The maximum Gasteiger partial charge on any atom is 0.312 e. The summed E-state index contributed by atoms with van der Waals surface area (Å²) in [6.45, 7) is 2.68. The van der Waals surface area contributed by atoms with E-state index < -0.39 is 0 Å². The summed E-state index contributed by atoms with van der Waals surface area (Å²) in [6, 6.07) is 11.8. The van der Waals surface area contributed by atoms with E-state index in [9.17, 15) is 9.59 Å². The molecule has 1 atom stereocenters. The lowest BCUT2D eigenvalue weighted by molar-refractivity contribution is -0.144. The number of rotatable bonds is 3. The molecule has 4 heteroatoms. The van der Waals surface area contributed by atoms with Crippen LogP contribution in [0.1, 0.15) is 48.1 Å². The van der Waals surface area contributed by atoms with Crippen LogP contribution < -0.4 is 5.56 Å². The number of aryl methyl sites for hydroxylation is 1. The van der Waals surface area contributed by atoms with Crippen LogP contribution in [0.2, 0.25) is 0 Å². The standard InChI is InChI=1S/C23H25NO3/c1-15-6-3-4-7-16(15)14-24-21-12-10-18-17(19(21)11-13-22(24)25)8-5-9-20(18)23(26)27-2/h3-4,6-7,11,13,20H,5,8-10,12,14H2,1-2H3. The van der Waals surface area contributed by atoms with Crippen molar-refractivity contribution >= 4 is 11.5 Å². The molecule has 0 saturated heterocycles. The third-order valence-corrected chi connectivity index (χ3v) is 6.05. The van der Waals surface area contributed by atoms with Crippen LogP contribution in [0.25, 0.3) is 5.57 Å². The molecule has 27 heavy (non-hydrogen) atoms. The van der Waals surface area contributed by atoms with E-state index in [4.69, 9.17) is 4.74 Å². The molecule has 0 radical (unpaired) electrons. The highest BCUT2D eigenvalue weighted by Gasteiger charge is 2.33. The van der Waals surface area contributed by atoms with Crippen LogP contribution in [0.4, 0.5) is 0 Å². The molecular formula is C23H25NO3. The van der Waals surface area contributed by atoms with Gasteiger partial charge in [0.2, 0.25) is 0 Å². The first-order valence-electron chi connectivity index (χ1n) is 9.67. The second-order valence-corrected chi connectivity index (χ2v) is 7.52. The molecule has 0 N–H and O–H groups in total. The Morgan fingerprint density at radius 1 is 1.15 bits per heavy atom. The quantitative estimate of drug-likeness (QED) is 0.778. The first kappa shape index (κ1) is 17.8. The van der Waals surface area contributed by atoms with Crippen molar-refractivity contribution in [2.75, 3.05) is 7.11 Å². The van der Waals surface area contributed by atoms with E-state index in [1.54, 1.807) is 6.07 Å². The van der Waals surface area contributed by atoms with Gasteiger partial charge in [-0.15, -0.1) is 0 Å². The first-order valence-corrected chi connectivity index (χ1v) is 9.67. The zero-order valence-electron chi connectivity index (χ0n) is 16.0. The number of benzene rings is 1. The van der Waals surface area contributed by atoms with Gasteiger partial charge in [-0.25, -0.2) is 0 Å². The largest absolute Gasteiger partial charge is 0.469 e. The number of methoxy groups -OCH3 is 1. The number of esters is 1. The molecule has 0 aliphatic heterocycles. The molecule has 4 rings (SSSR count). The summed E-state index contributed by atoms with van der Waals surface area (Å²) in [6.07, 6.45) is 4.44. The van der Waals surface area contributed by atoms with Gasteiger partial charge in [-0.2, -0.15) is 0 Å². The minimum atomic E-state index is -0.126. The number of hydrogen-bond acceptors (Lipinski definition) is 3. The number of carbonyl (C=O) groups is 1. The Morgan fingerprint density at radius 2 is 1.96 bits per heavy atom. The van der Waals surface area contributed by atoms with Crippen LogP contribution in [0, 0.1) is 12.8 Å². The van der Waals surface area contributed by atoms with E-state index in [0.29, 0.717) is 6.54 Å². The Balaban J connectivity index is 1.80. The minimum Gasteiger partial charge on any atom is -0.469 e. The maximum absolute atomic E-state index is 12.7. The average molecular weight is 363 g/mol. The van der Waals surface area contributed by atoms with Crippen LogP contribution in [-0.2, 0) is 22.5 Å². The number of allylic oxidation sites excluding steroid dienone is 1. The van der Waals surface area contributed by atoms with E-state index in [-0.39, 0.29) is 17.4 Å². The number of ether oxygens (including phenoxy) is 1. The summed E-state index contributed by atoms with van der Waals surface area (Å²) in [5.74, 6) is -0.248. The fourth-order valence-electron chi connectivity index (χ4n) is 4.61. The Hall–Kier alpha value is -2.62. The summed E-state index contributed by atoms with van der Waals surface area (Å²) < 4.78 is 6.95.